The lowest BCUT2D eigenvalue weighted by Crippen LogP contribution is -2.06. The van der Waals surface area contributed by atoms with E-state index in [1.165, 1.54) is 16.7 Å². The summed E-state index contributed by atoms with van der Waals surface area (Å²) < 4.78 is 0. The molecule has 0 heterocycles. The van der Waals surface area contributed by atoms with Gasteiger partial charge in [0.05, 0.1) is 0 Å². The molecule has 2 heteroatoms. The van der Waals surface area contributed by atoms with E-state index in [2.05, 4.69) is 30.4 Å². The summed E-state index contributed by atoms with van der Waals surface area (Å²) >= 11 is 0. The van der Waals surface area contributed by atoms with Crippen LogP contribution < -0.4 is 5.32 Å². The molecule has 0 bridgehead atoms. The standard InChI is InChI=1S/C15H17NO/c1-11-9-13(3-4-14(11)10-16-2)12-5-7-15(17)8-6-12/h3-9,16-17H,10H2,1-2H3. The van der Waals surface area contributed by atoms with Crippen molar-refractivity contribution in [1.82, 2.24) is 5.32 Å². The number of nitrogens with one attached hydrogen (secondary N) is 1. The first kappa shape index (κ1) is 11.7. The van der Waals surface area contributed by atoms with Crippen molar-refractivity contribution in [1.29, 1.82) is 0 Å². The second-order valence-electron chi connectivity index (χ2n) is 4.22. The maximum Gasteiger partial charge on any atom is 0.115 e. The zero-order valence-electron chi connectivity index (χ0n) is 10.2. The molecule has 0 aliphatic heterocycles. The van der Waals surface area contributed by atoms with E-state index in [-0.39, 0.29) is 0 Å². The molecule has 0 amide bonds. The summed E-state index contributed by atoms with van der Waals surface area (Å²) in [5, 5.41) is 12.4. The smallest absolute Gasteiger partial charge is 0.115 e. The van der Waals surface area contributed by atoms with Gasteiger partial charge in [-0.05, 0) is 48.4 Å². The quantitative estimate of drug-likeness (QED) is 0.844. The number of aryl methyl sites for hydroxylation is 1. The molecule has 0 unspecified atom stereocenters. The molecule has 17 heavy (non-hydrogen) atoms. The van der Waals surface area contributed by atoms with E-state index in [0.717, 1.165) is 12.1 Å². The van der Waals surface area contributed by atoms with Crippen molar-refractivity contribution in [2.24, 2.45) is 0 Å². The molecule has 0 atom stereocenters. The predicted molar refractivity (Wildman–Crippen MR) is 71.0 cm³/mol. The highest BCUT2D eigenvalue weighted by molar-refractivity contribution is 5.65. The fourth-order valence-corrected chi connectivity index (χ4v) is 1.92. The Balaban J connectivity index is 2.34. The first-order valence-electron chi connectivity index (χ1n) is 5.74. The molecule has 0 aliphatic rings. The summed E-state index contributed by atoms with van der Waals surface area (Å²) in [4.78, 5) is 0. The Kier molecular flexibility index (Phi) is 3.45. The molecule has 2 N–H and O–H groups in total. The van der Waals surface area contributed by atoms with Crippen LogP contribution in [0.4, 0.5) is 0 Å². The van der Waals surface area contributed by atoms with Gasteiger partial charge < -0.3 is 10.4 Å². The van der Waals surface area contributed by atoms with Gasteiger partial charge in [0.25, 0.3) is 0 Å². The van der Waals surface area contributed by atoms with E-state index in [9.17, 15) is 5.11 Å². The average Bonchev–Trinajstić information content (AvgIpc) is 2.33. The maximum atomic E-state index is 9.26. The van der Waals surface area contributed by atoms with Gasteiger partial charge in [0.1, 0.15) is 5.75 Å². The van der Waals surface area contributed by atoms with Crippen molar-refractivity contribution in [2.75, 3.05) is 7.05 Å². The normalized spacial score (nSPS) is 10.5. The van der Waals surface area contributed by atoms with Gasteiger partial charge in [0.15, 0.2) is 0 Å². The van der Waals surface area contributed by atoms with Crippen molar-refractivity contribution in [3.63, 3.8) is 0 Å². The minimum absolute atomic E-state index is 0.303. The summed E-state index contributed by atoms with van der Waals surface area (Å²) in [5.74, 6) is 0.303. The first-order valence-corrected chi connectivity index (χ1v) is 5.74. The summed E-state index contributed by atoms with van der Waals surface area (Å²) in [6.07, 6.45) is 0. The van der Waals surface area contributed by atoms with Crippen molar-refractivity contribution in [3.05, 3.63) is 53.6 Å². The lowest BCUT2D eigenvalue weighted by molar-refractivity contribution is 0.475. The molecule has 0 aliphatic carbocycles. The van der Waals surface area contributed by atoms with Gasteiger partial charge in [0.2, 0.25) is 0 Å². The average molecular weight is 227 g/mol. The Bertz CT molecular complexity index is 503. The van der Waals surface area contributed by atoms with E-state index in [1.807, 2.05) is 19.2 Å². The van der Waals surface area contributed by atoms with Crippen LogP contribution in [0.15, 0.2) is 42.5 Å². The van der Waals surface area contributed by atoms with Crippen LogP contribution in [0.25, 0.3) is 11.1 Å². The topological polar surface area (TPSA) is 32.3 Å². The second-order valence-corrected chi connectivity index (χ2v) is 4.22. The van der Waals surface area contributed by atoms with Gasteiger partial charge in [-0.3, -0.25) is 0 Å². The third-order valence-electron chi connectivity index (χ3n) is 2.91. The Labute approximate surface area is 102 Å². The van der Waals surface area contributed by atoms with Crippen molar-refractivity contribution in [2.45, 2.75) is 13.5 Å². The van der Waals surface area contributed by atoms with Crippen LogP contribution in [0.3, 0.4) is 0 Å². The second kappa shape index (κ2) is 5.02. The lowest BCUT2D eigenvalue weighted by Gasteiger charge is -2.08. The number of benzene rings is 2. The van der Waals surface area contributed by atoms with Gasteiger partial charge in [0, 0.05) is 6.54 Å². The molecule has 88 valence electrons. The number of hydrogen-bond donors (Lipinski definition) is 2. The van der Waals surface area contributed by atoms with Crippen LogP contribution in [-0.4, -0.2) is 12.2 Å². The molecule has 0 saturated heterocycles. The summed E-state index contributed by atoms with van der Waals surface area (Å²) in [5.41, 5.74) is 4.91. The predicted octanol–water partition coefficient (Wildman–Crippen LogP) is 3.09. The maximum absolute atomic E-state index is 9.26. The number of phenolic OH excluding ortho intramolecular Hbond substituents is 1. The molecule has 0 saturated carbocycles. The number of phenols is 1. The van der Waals surface area contributed by atoms with E-state index in [1.54, 1.807) is 12.1 Å². The Morgan fingerprint density at radius 1 is 1.00 bits per heavy atom. The largest absolute Gasteiger partial charge is 0.508 e. The van der Waals surface area contributed by atoms with Crippen molar-refractivity contribution < 1.29 is 5.11 Å². The molecule has 2 aromatic carbocycles. The molecule has 0 radical (unpaired) electrons. The Morgan fingerprint density at radius 3 is 2.24 bits per heavy atom. The van der Waals surface area contributed by atoms with Crippen LogP contribution in [0.1, 0.15) is 11.1 Å². The zero-order chi connectivity index (χ0) is 12.3. The van der Waals surface area contributed by atoms with Crippen LogP contribution in [0, 0.1) is 6.92 Å². The van der Waals surface area contributed by atoms with Crippen LogP contribution in [0.5, 0.6) is 5.75 Å². The van der Waals surface area contributed by atoms with E-state index < -0.39 is 0 Å². The Morgan fingerprint density at radius 2 is 1.65 bits per heavy atom. The third kappa shape index (κ3) is 2.66. The highest BCUT2D eigenvalue weighted by Gasteiger charge is 2.01. The molecular formula is C15H17NO. The SMILES string of the molecule is CNCc1ccc(-c2ccc(O)cc2)cc1C. The first-order chi connectivity index (χ1) is 8.20. The minimum atomic E-state index is 0.303. The summed E-state index contributed by atoms with van der Waals surface area (Å²) in [6, 6.07) is 13.7. The number of aromatic hydroxyl groups is 1. The van der Waals surface area contributed by atoms with E-state index >= 15 is 0 Å². The molecule has 2 nitrogen and oxygen atoms in total. The fraction of sp³-hybridized carbons (Fsp3) is 0.200. The lowest BCUT2D eigenvalue weighted by atomic mass is 10.00. The third-order valence-corrected chi connectivity index (χ3v) is 2.91. The van der Waals surface area contributed by atoms with Gasteiger partial charge in [-0.25, -0.2) is 0 Å². The highest BCUT2D eigenvalue weighted by atomic mass is 16.3. The molecular weight excluding hydrogens is 210 g/mol. The van der Waals surface area contributed by atoms with Gasteiger partial charge in [-0.2, -0.15) is 0 Å². The molecule has 2 rings (SSSR count). The van der Waals surface area contributed by atoms with E-state index in [4.69, 9.17) is 0 Å². The molecule has 0 fully saturated rings. The fourth-order valence-electron chi connectivity index (χ4n) is 1.92. The van der Waals surface area contributed by atoms with Crippen molar-refractivity contribution >= 4 is 0 Å². The molecule has 0 aromatic heterocycles. The monoisotopic (exact) mass is 227 g/mol. The molecule has 2 aromatic rings. The van der Waals surface area contributed by atoms with Gasteiger partial charge in [-0.1, -0.05) is 30.3 Å². The Hall–Kier alpha value is -1.80. The van der Waals surface area contributed by atoms with Gasteiger partial charge >= 0.3 is 0 Å². The number of hydrogen-bond acceptors (Lipinski definition) is 2. The van der Waals surface area contributed by atoms with Crippen molar-refractivity contribution in [3.8, 4) is 16.9 Å². The molecule has 0 spiro atoms. The van der Waals surface area contributed by atoms with Crippen LogP contribution >= 0.6 is 0 Å². The zero-order valence-corrected chi connectivity index (χ0v) is 10.2. The number of rotatable bonds is 3. The summed E-state index contributed by atoms with van der Waals surface area (Å²) in [7, 11) is 1.95. The summed E-state index contributed by atoms with van der Waals surface area (Å²) in [6.45, 7) is 3.01. The van der Waals surface area contributed by atoms with E-state index in [0.29, 0.717) is 5.75 Å². The van der Waals surface area contributed by atoms with Crippen LogP contribution in [-0.2, 0) is 6.54 Å². The van der Waals surface area contributed by atoms with Crippen LogP contribution in [0.2, 0.25) is 0 Å². The highest BCUT2D eigenvalue weighted by Crippen LogP contribution is 2.24. The minimum Gasteiger partial charge on any atom is -0.508 e. The van der Waals surface area contributed by atoms with Gasteiger partial charge in [-0.15, -0.1) is 0 Å².